The van der Waals surface area contributed by atoms with Gasteiger partial charge in [0, 0.05) is 17.9 Å². The Morgan fingerprint density at radius 3 is 2.47 bits per heavy atom. The maximum absolute atomic E-state index is 13.4. The van der Waals surface area contributed by atoms with Crippen LogP contribution < -0.4 is 5.73 Å². The first kappa shape index (κ1) is 10.9. The number of thioether (sulfide) groups is 1. The Balaban J connectivity index is 2.46. The zero-order valence-electron chi connectivity index (χ0n) is 8.47. The largest absolute Gasteiger partial charge is 0.329 e. The lowest BCUT2D eigenvalue weighted by atomic mass is 9.95. The minimum Gasteiger partial charge on any atom is -0.329 e. The van der Waals surface area contributed by atoms with Gasteiger partial charge in [0.25, 0.3) is 5.92 Å². The van der Waals surface area contributed by atoms with Crippen molar-refractivity contribution in [2.24, 2.45) is 5.73 Å². The molecule has 1 aliphatic carbocycles. The molecule has 0 radical (unpaired) electrons. The fourth-order valence-corrected chi connectivity index (χ4v) is 2.70. The highest BCUT2D eigenvalue weighted by atomic mass is 32.2. The second kappa shape index (κ2) is 3.46. The van der Waals surface area contributed by atoms with Gasteiger partial charge in [0.15, 0.2) is 0 Å². The summed E-state index contributed by atoms with van der Waals surface area (Å²) in [6.07, 6.45) is 1.78. The third-order valence-corrected chi connectivity index (χ3v) is 3.87. The summed E-state index contributed by atoms with van der Waals surface area (Å²) in [7, 11) is 0. The standard InChI is InChI=1S/C11H13F2NS/c1-15-9-5-3-2-4-8(9)10(7-14)6-11(10,12)13/h2-5H,6-7,14H2,1H3. The molecule has 0 amide bonds. The monoisotopic (exact) mass is 229 g/mol. The molecular weight excluding hydrogens is 216 g/mol. The van der Waals surface area contributed by atoms with Gasteiger partial charge in [-0.25, -0.2) is 8.78 Å². The van der Waals surface area contributed by atoms with Gasteiger partial charge in [0.1, 0.15) is 0 Å². The number of rotatable bonds is 3. The normalized spacial score (nSPS) is 27.7. The summed E-state index contributed by atoms with van der Waals surface area (Å²) in [6.45, 7) is 0.0115. The van der Waals surface area contributed by atoms with Gasteiger partial charge in [0.05, 0.1) is 5.41 Å². The molecule has 4 heteroatoms. The van der Waals surface area contributed by atoms with Crippen LogP contribution in [0.25, 0.3) is 0 Å². The lowest BCUT2D eigenvalue weighted by Crippen LogP contribution is -2.27. The highest BCUT2D eigenvalue weighted by Gasteiger charge is 2.71. The Bertz CT molecular complexity index is 381. The van der Waals surface area contributed by atoms with E-state index in [-0.39, 0.29) is 13.0 Å². The summed E-state index contributed by atoms with van der Waals surface area (Å²) in [5.41, 5.74) is 5.11. The smallest absolute Gasteiger partial charge is 0.260 e. The third-order valence-electron chi connectivity index (χ3n) is 3.07. The van der Waals surface area contributed by atoms with E-state index in [1.165, 1.54) is 11.8 Å². The first-order chi connectivity index (χ1) is 7.07. The van der Waals surface area contributed by atoms with Gasteiger partial charge < -0.3 is 5.73 Å². The van der Waals surface area contributed by atoms with E-state index >= 15 is 0 Å². The van der Waals surface area contributed by atoms with Crippen molar-refractivity contribution in [3.63, 3.8) is 0 Å². The number of hydrogen-bond acceptors (Lipinski definition) is 2. The topological polar surface area (TPSA) is 26.0 Å². The molecule has 0 spiro atoms. The molecule has 1 atom stereocenters. The molecule has 1 aromatic carbocycles. The summed E-state index contributed by atoms with van der Waals surface area (Å²) in [5.74, 6) is -2.63. The van der Waals surface area contributed by atoms with Crippen LogP contribution in [0.3, 0.4) is 0 Å². The predicted octanol–water partition coefficient (Wildman–Crippen LogP) is 2.64. The third kappa shape index (κ3) is 1.47. The van der Waals surface area contributed by atoms with Gasteiger partial charge in [-0.05, 0) is 17.9 Å². The molecule has 1 nitrogen and oxygen atoms in total. The van der Waals surface area contributed by atoms with Crippen LogP contribution in [0, 0.1) is 0 Å². The molecule has 0 aromatic heterocycles. The van der Waals surface area contributed by atoms with E-state index in [0.717, 1.165) is 4.90 Å². The molecule has 15 heavy (non-hydrogen) atoms. The van der Waals surface area contributed by atoms with Crippen molar-refractivity contribution in [1.82, 2.24) is 0 Å². The van der Waals surface area contributed by atoms with Crippen LogP contribution in [0.1, 0.15) is 12.0 Å². The van der Waals surface area contributed by atoms with Crippen LogP contribution in [0.2, 0.25) is 0 Å². The van der Waals surface area contributed by atoms with Crippen molar-refractivity contribution in [2.75, 3.05) is 12.8 Å². The Labute approximate surface area is 92.0 Å². The van der Waals surface area contributed by atoms with E-state index in [2.05, 4.69) is 0 Å². The molecule has 1 aliphatic rings. The van der Waals surface area contributed by atoms with Crippen LogP contribution >= 0.6 is 11.8 Å². The zero-order chi connectivity index (χ0) is 11.1. The van der Waals surface area contributed by atoms with Crippen molar-refractivity contribution in [1.29, 1.82) is 0 Å². The van der Waals surface area contributed by atoms with Crippen LogP contribution in [-0.2, 0) is 5.41 Å². The molecular formula is C11H13F2NS. The van der Waals surface area contributed by atoms with Crippen molar-refractivity contribution < 1.29 is 8.78 Å². The molecule has 1 unspecified atom stereocenters. The SMILES string of the molecule is CSc1ccccc1C1(CN)CC1(F)F. The van der Waals surface area contributed by atoms with Gasteiger partial charge in [-0.1, -0.05) is 18.2 Å². The molecule has 0 saturated heterocycles. The van der Waals surface area contributed by atoms with E-state index in [0.29, 0.717) is 5.56 Å². The predicted molar refractivity (Wildman–Crippen MR) is 58.5 cm³/mol. The number of benzene rings is 1. The molecule has 82 valence electrons. The Hall–Kier alpha value is -0.610. The molecule has 0 aliphatic heterocycles. The summed E-state index contributed by atoms with van der Waals surface area (Å²) in [5, 5.41) is 0. The molecule has 2 N–H and O–H groups in total. The number of alkyl halides is 2. The second-order valence-corrected chi connectivity index (χ2v) is 4.72. The van der Waals surface area contributed by atoms with E-state index < -0.39 is 11.3 Å². The van der Waals surface area contributed by atoms with Crippen LogP contribution in [0.4, 0.5) is 8.78 Å². The summed E-state index contributed by atoms with van der Waals surface area (Å²) < 4.78 is 26.7. The van der Waals surface area contributed by atoms with Gasteiger partial charge >= 0.3 is 0 Å². The molecule has 1 aromatic rings. The van der Waals surface area contributed by atoms with Gasteiger partial charge in [-0.2, -0.15) is 0 Å². The second-order valence-electron chi connectivity index (χ2n) is 3.87. The van der Waals surface area contributed by atoms with Crippen LogP contribution in [-0.4, -0.2) is 18.7 Å². The van der Waals surface area contributed by atoms with E-state index in [4.69, 9.17) is 5.73 Å². The summed E-state index contributed by atoms with van der Waals surface area (Å²) in [4.78, 5) is 0.903. The fourth-order valence-electron chi connectivity index (χ4n) is 2.00. The van der Waals surface area contributed by atoms with E-state index in [9.17, 15) is 8.78 Å². The highest BCUT2D eigenvalue weighted by molar-refractivity contribution is 7.98. The lowest BCUT2D eigenvalue weighted by Gasteiger charge is -2.17. The van der Waals surface area contributed by atoms with Gasteiger partial charge in [-0.15, -0.1) is 11.8 Å². The Kier molecular flexibility index (Phi) is 2.51. The first-order valence-corrected chi connectivity index (χ1v) is 6.01. The maximum atomic E-state index is 13.4. The van der Waals surface area contributed by atoms with Crippen molar-refractivity contribution in [3.8, 4) is 0 Å². The minimum absolute atomic E-state index is 0.0115. The van der Waals surface area contributed by atoms with Crippen LogP contribution in [0.15, 0.2) is 29.2 Å². The van der Waals surface area contributed by atoms with E-state index in [1.807, 2.05) is 18.4 Å². The molecule has 1 fully saturated rings. The van der Waals surface area contributed by atoms with Gasteiger partial charge in [-0.3, -0.25) is 0 Å². The lowest BCUT2D eigenvalue weighted by molar-refractivity contribution is 0.0890. The Morgan fingerprint density at radius 1 is 1.40 bits per heavy atom. The van der Waals surface area contributed by atoms with Gasteiger partial charge in [0.2, 0.25) is 0 Å². The highest BCUT2D eigenvalue weighted by Crippen LogP contribution is 2.62. The number of halogens is 2. The fraction of sp³-hybridized carbons (Fsp3) is 0.455. The summed E-state index contributed by atoms with van der Waals surface area (Å²) in [6, 6.07) is 7.28. The zero-order valence-corrected chi connectivity index (χ0v) is 9.28. The average molecular weight is 229 g/mol. The minimum atomic E-state index is -2.63. The quantitative estimate of drug-likeness (QED) is 0.806. The maximum Gasteiger partial charge on any atom is 0.260 e. The molecule has 0 bridgehead atoms. The Morgan fingerprint density at radius 2 is 2.00 bits per heavy atom. The van der Waals surface area contributed by atoms with E-state index in [1.54, 1.807) is 12.1 Å². The van der Waals surface area contributed by atoms with Crippen molar-refractivity contribution in [2.45, 2.75) is 22.7 Å². The summed E-state index contributed by atoms with van der Waals surface area (Å²) >= 11 is 1.49. The number of nitrogens with two attached hydrogens (primary N) is 1. The molecule has 2 rings (SSSR count). The average Bonchev–Trinajstić information content (AvgIpc) is 2.82. The van der Waals surface area contributed by atoms with Crippen LogP contribution in [0.5, 0.6) is 0 Å². The van der Waals surface area contributed by atoms with Crippen molar-refractivity contribution >= 4 is 11.8 Å². The molecule has 1 saturated carbocycles. The van der Waals surface area contributed by atoms with Crippen molar-refractivity contribution in [3.05, 3.63) is 29.8 Å². The number of hydrogen-bond donors (Lipinski definition) is 1. The first-order valence-electron chi connectivity index (χ1n) is 4.79. The molecule has 0 heterocycles.